The molecule has 1 aromatic heterocycles. The van der Waals surface area contributed by atoms with E-state index in [1.54, 1.807) is 6.26 Å². The molecular formula is C20H28N4O3. The lowest BCUT2D eigenvalue weighted by molar-refractivity contribution is 0.127. The third-order valence-corrected chi connectivity index (χ3v) is 4.77. The van der Waals surface area contributed by atoms with Crippen LogP contribution >= 0.6 is 0 Å². The van der Waals surface area contributed by atoms with Crippen molar-refractivity contribution in [1.29, 1.82) is 0 Å². The second kappa shape index (κ2) is 9.53. The molecule has 3 rings (SSSR count). The first-order chi connectivity index (χ1) is 13.2. The smallest absolute Gasteiger partial charge is 0.226 e. The Bertz CT molecular complexity index is 724. The van der Waals surface area contributed by atoms with E-state index in [1.807, 2.05) is 37.3 Å². The lowest BCUT2D eigenvalue weighted by Crippen LogP contribution is -2.44. The summed E-state index contributed by atoms with van der Waals surface area (Å²) in [7, 11) is 0. The molecule has 7 heteroatoms. The molecule has 1 aromatic carbocycles. The third kappa shape index (κ3) is 5.30. The zero-order valence-electron chi connectivity index (χ0n) is 15.8. The molecule has 0 saturated carbocycles. The van der Waals surface area contributed by atoms with E-state index in [0.717, 1.165) is 43.2 Å². The van der Waals surface area contributed by atoms with E-state index in [1.165, 1.54) is 0 Å². The number of aliphatic hydroxyl groups excluding tert-OH is 1. The predicted molar refractivity (Wildman–Crippen MR) is 104 cm³/mol. The highest BCUT2D eigenvalue weighted by molar-refractivity contribution is 5.79. The molecule has 3 N–H and O–H groups in total. The van der Waals surface area contributed by atoms with Gasteiger partial charge in [0.2, 0.25) is 5.89 Å². The van der Waals surface area contributed by atoms with Gasteiger partial charge >= 0.3 is 0 Å². The molecule has 0 radical (unpaired) electrons. The topological polar surface area (TPSA) is 91.9 Å². The molecule has 0 amide bonds. The Balaban J connectivity index is 1.61. The van der Waals surface area contributed by atoms with Crippen LogP contribution in [-0.2, 0) is 11.3 Å². The van der Waals surface area contributed by atoms with Crippen LogP contribution in [0.4, 0.5) is 0 Å². The molecule has 1 fully saturated rings. The zero-order valence-corrected chi connectivity index (χ0v) is 15.8. The number of aromatic nitrogens is 1. The fraction of sp³-hybridized carbons (Fsp3) is 0.500. The van der Waals surface area contributed by atoms with Gasteiger partial charge in [-0.15, -0.1) is 0 Å². The van der Waals surface area contributed by atoms with Crippen molar-refractivity contribution in [3.05, 3.63) is 42.3 Å². The summed E-state index contributed by atoms with van der Waals surface area (Å²) < 4.78 is 11.1. The van der Waals surface area contributed by atoms with Gasteiger partial charge in [0.1, 0.15) is 12.0 Å². The third-order valence-electron chi connectivity index (χ3n) is 4.77. The van der Waals surface area contributed by atoms with Crippen LogP contribution < -0.4 is 10.6 Å². The summed E-state index contributed by atoms with van der Waals surface area (Å²) >= 11 is 0. The van der Waals surface area contributed by atoms with Crippen molar-refractivity contribution in [2.75, 3.05) is 32.9 Å². The Morgan fingerprint density at radius 3 is 2.85 bits per heavy atom. The summed E-state index contributed by atoms with van der Waals surface area (Å²) in [6.07, 6.45) is 3.32. The molecule has 1 aliphatic heterocycles. The second-order valence-corrected chi connectivity index (χ2v) is 6.83. The number of benzene rings is 1. The van der Waals surface area contributed by atoms with Crippen molar-refractivity contribution in [1.82, 2.24) is 15.6 Å². The van der Waals surface area contributed by atoms with Gasteiger partial charge in [-0.25, -0.2) is 9.98 Å². The molecule has 146 valence electrons. The highest BCUT2D eigenvalue weighted by atomic mass is 16.5. The molecule has 27 heavy (non-hydrogen) atoms. The number of nitrogens with zero attached hydrogens (tertiary/aromatic N) is 2. The molecule has 0 spiro atoms. The molecule has 2 aromatic rings. The predicted octanol–water partition coefficient (Wildman–Crippen LogP) is 2.19. The molecule has 2 heterocycles. The maximum atomic E-state index is 9.36. The van der Waals surface area contributed by atoms with Gasteiger partial charge < -0.3 is 24.9 Å². The van der Waals surface area contributed by atoms with E-state index >= 15 is 0 Å². The van der Waals surface area contributed by atoms with Crippen molar-refractivity contribution in [2.45, 2.75) is 26.3 Å². The summed E-state index contributed by atoms with van der Waals surface area (Å²) in [5, 5.41) is 16.0. The largest absolute Gasteiger partial charge is 0.444 e. The number of hydrogen-bond donors (Lipinski definition) is 3. The number of rotatable bonds is 8. The molecule has 0 bridgehead atoms. The van der Waals surface area contributed by atoms with Crippen LogP contribution in [0.2, 0.25) is 0 Å². The Labute approximate surface area is 159 Å². The molecule has 1 aliphatic rings. The molecule has 7 nitrogen and oxygen atoms in total. The first-order valence-corrected chi connectivity index (χ1v) is 9.45. The number of aliphatic imine (C=N–C) groups is 1. The minimum Gasteiger partial charge on any atom is -0.444 e. The first-order valence-electron chi connectivity index (χ1n) is 9.45. The van der Waals surface area contributed by atoms with Crippen molar-refractivity contribution >= 4 is 5.96 Å². The lowest BCUT2D eigenvalue weighted by atomic mass is 9.84. The maximum absolute atomic E-state index is 9.36. The van der Waals surface area contributed by atoms with Crippen molar-refractivity contribution in [3.8, 4) is 11.5 Å². The Hall–Kier alpha value is -2.38. The van der Waals surface area contributed by atoms with Gasteiger partial charge in [0.15, 0.2) is 5.96 Å². The lowest BCUT2D eigenvalue weighted by Gasteiger charge is -2.27. The van der Waals surface area contributed by atoms with Crippen molar-refractivity contribution in [2.24, 2.45) is 10.4 Å². The van der Waals surface area contributed by atoms with Crippen molar-refractivity contribution in [3.63, 3.8) is 0 Å². The van der Waals surface area contributed by atoms with E-state index in [9.17, 15) is 5.11 Å². The van der Waals surface area contributed by atoms with Crippen LogP contribution in [0.25, 0.3) is 11.5 Å². The SMILES string of the molecule is CCNC(=NCc1coc(-c2ccccc2)n1)NCC1(CCO)CCOC1. The van der Waals surface area contributed by atoms with E-state index < -0.39 is 0 Å². The number of aliphatic hydroxyl groups is 1. The van der Waals surface area contributed by atoms with E-state index in [-0.39, 0.29) is 12.0 Å². The van der Waals surface area contributed by atoms with Crippen LogP contribution in [0, 0.1) is 5.41 Å². The van der Waals surface area contributed by atoms with Crippen LogP contribution in [0.5, 0.6) is 0 Å². The summed E-state index contributed by atoms with van der Waals surface area (Å²) in [6.45, 7) is 5.52. The van der Waals surface area contributed by atoms with Gasteiger partial charge in [0.25, 0.3) is 0 Å². The van der Waals surface area contributed by atoms with Crippen LogP contribution in [0.1, 0.15) is 25.5 Å². The van der Waals surface area contributed by atoms with Crippen molar-refractivity contribution < 1.29 is 14.3 Å². The Morgan fingerprint density at radius 2 is 2.15 bits per heavy atom. The average molecular weight is 372 g/mol. The fourth-order valence-electron chi connectivity index (χ4n) is 3.18. The highest BCUT2D eigenvalue weighted by Gasteiger charge is 2.34. The zero-order chi connectivity index (χ0) is 19.0. The van der Waals surface area contributed by atoms with Crippen LogP contribution in [0.15, 0.2) is 46.0 Å². The van der Waals surface area contributed by atoms with Gasteiger partial charge in [0.05, 0.1) is 13.2 Å². The number of ether oxygens (including phenoxy) is 1. The number of oxazole rings is 1. The van der Waals surface area contributed by atoms with E-state index in [4.69, 9.17) is 9.15 Å². The molecule has 1 unspecified atom stereocenters. The van der Waals surface area contributed by atoms with E-state index in [0.29, 0.717) is 25.6 Å². The van der Waals surface area contributed by atoms with Crippen LogP contribution in [-0.4, -0.2) is 49.0 Å². The van der Waals surface area contributed by atoms with Gasteiger partial charge in [-0.3, -0.25) is 0 Å². The molecule has 1 saturated heterocycles. The standard InChI is InChI=1S/C20H28N4O3/c1-2-21-19(23-14-20(8-10-25)9-11-26-15-20)22-12-17-13-27-18(24-17)16-6-4-3-5-7-16/h3-7,13,25H,2,8-12,14-15H2,1H3,(H2,21,22,23). The molecule has 1 atom stereocenters. The number of hydrogen-bond acceptors (Lipinski definition) is 5. The Kier molecular flexibility index (Phi) is 6.84. The average Bonchev–Trinajstić information content (AvgIpc) is 3.35. The van der Waals surface area contributed by atoms with Crippen LogP contribution in [0.3, 0.4) is 0 Å². The highest BCUT2D eigenvalue weighted by Crippen LogP contribution is 2.31. The minimum atomic E-state index is -0.0285. The van der Waals surface area contributed by atoms with Gasteiger partial charge in [-0.1, -0.05) is 18.2 Å². The van der Waals surface area contributed by atoms with Gasteiger partial charge in [0, 0.05) is 37.3 Å². The second-order valence-electron chi connectivity index (χ2n) is 6.83. The molecule has 0 aliphatic carbocycles. The maximum Gasteiger partial charge on any atom is 0.226 e. The minimum absolute atomic E-state index is 0.0285. The fourth-order valence-corrected chi connectivity index (χ4v) is 3.18. The van der Waals surface area contributed by atoms with Gasteiger partial charge in [-0.2, -0.15) is 0 Å². The summed E-state index contributed by atoms with van der Waals surface area (Å²) in [5.41, 5.74) is 1.70. The normalized spacial score (nSPS) is 20.0. The summed E-state index contributed by atoms with van der Waals surface area (Å²) in [4.78, 5) is 9.12. The summed E-state index contributed by atoms with van der Waals surface area (Å²) in [5.74, 6) is 1.33. The monoisotopic (exact) mass is 372 g/mol. The number of nitrogens with one attached hydrogen (secondary N) is 2. The van der Waals surface area contributed by atoms with Gasteiger partial charge in [-0.05, 0) is 31.9 Å². The quantitative estimate of drug-likeness (QED) is 0.486. The number of guanidine groups is 1. The molecular weight excluding hydrogens is 344 g/mol. The first kappa shape index (κ1) is 19.4. The summed E-state index contributed by atoms with van der Waals surface area (Å²) in [6, 6.07) is 9.81. The van der Waals surface area contributed by atoms with E-state index in [2.05, 4.69) is 20.6 Å². The Morgan fingerprint density at radius 1 is 1.30 bits per heavy atom.